The zero-order valence-electron chi connectivity index (χ0n) is 16.0. The molecule has 0 atom stereocenters. The Morgan fingerprint density at radius 3 is 1.83 bits per heavy atom. The summed E-state index contributed by atoms with van der Waals surface area (Å²) in [4.78, 5) is 11.1. The normalized spacial score (nSPS) is 11.9. The molecule has 0 aromatic heterocycles. The van der Waals surface area contributed by atoms with E-state index in [2.05, 4.69) is 43.4 Å². The third-order valence-electron chi connectivity index (χ3n) is 3.82. The molecule has 0 heterocycles. The first-order chi connectivity index (χ1) is 11.8. The van der Waals surface area contributed by atoms with Gasteiger partial charge in [-0.1, -0.05) is 62.6 Å². The summed E-state index contributed by atoms with van der Waals surface area (Å²) < 4.78 is 4.90. The molecule has 0 rings (SSSR count). The molecule has 0 unspecified atom stereocenters. The standard InChI is InChI=1S/C22H38O2/c1-3-5-6-7-8-9-10-11-12-13-14-15-16-17-18-19-20-21-22(23)24-4-2/h9-12,17-18H,3-8,13-16,19-21H2,1-2H3/b10-9+,12-11+,18-17-. The van der Waals surface area contributed by atoms with Crippen LogP contribution in [0.25, 0.3) is 0 Å². The fourth-order valence-electron chi connectivity index (χ4n) is 2.40. The summed E-state index contributed by atoms with van der Waals surface area (Å²) in [6, 6.07) is 0. The molecule has 0 fully saturated rings. The first-order valence-electron chi connectivity index (χ1n) is 9.93. The number of esters is 1. The molecule has 0 radical (unpaired) electrons. The van der Waals surface area contributed by atoms with Crippen molar-refractivity contribution in [2.24, 2.45) is 0 Å². The SMILES string of the molecule is CCCCCC/C=C/C=C/CCCC/C=C\CCCC(=O)OCC. The van der Waals surface area contributed by atoms with Crippen molar-refractivity contribution in [3.63, 3.8) is 0 Å². The Hall–Kier alpha value is -1.31. The van der Waals surface area contributed by atoms with E-state index < -0.39 is 0 Å². The molecule has 0 aliphatic carbocycles. The molecule has 0 saturated heterocycles. The number of carbonyl (C=O) groups is 1. The first-order valence-corrected chi connectivity index (χ1v) is 9.93. The van der Waals surface area contributed by atoms with Crippen LogP contribution in [-0.2, 0) is 9.53 Å². The molecule has 0 aliphatic heterocycles. The van der Waals surface area contributed by atoms with E-state index in [0.717, 1.165) is 25.7 Å². The smallest absolute Gasteiger partial charge is 0.305 e. The van der Waals surface area contributed by atoms with Crippen molar-refractivity contribution in [1.82, 2.24) is 0 Å². The lowest BCUT2D eigenvalue weighted by atomic mass is 10.1. The largest absolute Gasteiger partial charge is 0.466 e. The van der Waals surface area contributed by atoms with Crippen molar-refractivity contribution < 1.29 is 9.53 Å². The van der Waals surface area contributed by atoms with Crippen LogP contribution in [0, 0.1) is 0 Å². The van der Waals surface area contributed by atoms with Crippen LogP contribution in [0.3, 0.4) is 0 Å². The number of ether oxygens (including phenoxy) is 1. The Kier molecular flexibility index (Phi) is 18.7. The average molecular weight is 335 g/mol. The van der Waals surface area contributed by atoms with Crippen LogP contribution < -0.4 is 0 Å². The maximum Gasteiger partial charge on any atom is 0.305 e. The van der Waals surface area contributed by atoms with Gasteiger partial charge in [0.05, 0.1) is 6.61 Å². The molecular weight excluding hydrogens is 296 g/mol. The van der Waals surface area contributed by atoms with Crippen molar-refractivity contribution in [2.75, 3.05) is 6.61 Å². The van der Waals surface area contributed by atoms with Crippen LogP contribution in [-0.4, -0.2) is 12.6 Å². The van der Waals surface area contributed by atoms with Crippen LogP contribution in [0.2, 0.25) is 0 Å². The molecule has 0 amide bonds. The Balaban J connectivity index is 3.31. The third-order valence-corrected chi connectivity index (χ3v) is 3.82. The lowest BCUT2D eigenvalue weighted by Crippen LogP contribution is -2.02. The minimum Gasteiger partial charge on any atom is -0.466 e. The second-order valence-corrected chi connectivity index (χ2v) is 6.16. The minimum atomic E-state index is -0.0762. The van der Waals surface area contributed by atoms with Crippen molar-refractivity contribution in [2.45, 2.75) is 90.9 Å². The van der Waals surface area contributed by atoms with E-state index in [1.54, 1.807) is 0 Å². The van der Waals surface area contributed by atoms with E-state index in [1.807, 2.05) is 6.92 Å². The fourth-order valence-corrected chi connectivity index (χ4v) is 2.40. The predicted molar refractivity (Wildman–Crippen MR) is 105 cm³/mol. The maximum atomic E-state index is 11.1. The maximum absolute atomic E-state index is 11.1. The quantitative estimate of drug-likeness (QED) is 0.132. The van der Waals surface area contributed by atoms with Gasteiger partial charge in [-0.05, 0) is 58.3 Å². The molecule has 0 N–H and O–H groups in total. The molecule has 2 heteroatoms. The van der Waals surface area contributed by atoms with Gasteiger partial charge in [0.25, 0.3) is 0 Å². The molecule has 0 spiro atoms. The van der Waals surface area contributed by atoms with Crippen molar-refractivity contribution in [3.8, 4) is 0 Å². The molecule has 0 saturated carbocycles. The molecule has 0 aromatic rings. The molecule has 24 heavy (non-hydrogen) atoms. The summed E-state index contributed by atoms with van der Waals surface area (Å²) >= 11 is 0. The highest BCUT2D eigenvalue weighted by Crippen LogP contribution is 2.05. The van der Waals surface area contributed by atoms with Crippen LogP contribution in [0.15, 0.2) is 36.5 Å². The van der Waals surface area contributed by atoms with Gasteiger partial charge >= 0.3 is 5.97 Å². The molecule has 0 aliphatic rings. The fraction of sp³-hybridized carbons (Fsp3) is 0.682. The van der Waals surface area contributed by atoms with E-state index in [-0.39, 0.29) is 5.97 Å². The summed E-state index contributed by atoms with van der Waals surface area (Å²) in [7, 11) is 0. The Bertz CT molecular complexity index is 353. The van der Waals surface area contributed by atoms with Gasteiger partial charge in [-0.2, -0.15) is 0 Å². The van der Waals surface area contributed by atoms with Crippen molar-refractivity contribution >= 4 is 5.97 Å². The van der Waals surface area contributed by atoms with Gasteiger partial charge < -0.3 is 4.74 Å². The number of carbonyl (C=O) groups excluding carboxylic acids is 1. The topological polar surface area (TPSA) is 26.3 Å². The number of hydrogen-bond acceptors (Lipinski definition) is 2. The highest BCUT2D eigenvalue weighted by Gasteiger charge is 1.98. The van der Waals surface area contributed by atoms with Gasteiger partial charge in [0.15, 0.2) is 0 Å². The minimum absolute atomic E-state index is 0.0762. The summed E-state index contributed by atoms with van der Waals surface area (Å²) in [5.41, 5.74) is 0. The van der Waals surface area contributed by atoms with E-state index in [0.29, 0.717) is 13.0 Å². The lowest BCUT2D eigenvalue weighted by molar-refractivity contribution is -0.143. The Morgan fingerprint density at radius 1 is 0.708 bits per heavy atom. The average Bonchev–Trinajstić information content (AvgIpc) is 2.58. The summed E-state index contributed by atoms with van der Waals surface area (Å²) in [5, 5.41) is 0. The second-order valence-electron chi connectivity index (χ2n) is 6.16. The Labute approximate surface area is 150 Å². The summed E-state index contributed by atoms with van der Waals surface area (Å²) in [6.07, 6.45) is 27.1. The van der Waals surface area contributed by atoms with Gasteiger partial charge in [0, 0.05) is 6.42 Å². The number of hydrogen-bond donors (Lipinski definition) is 0. The molecule has 138 valence electrons. The summed E-state index contributed by atoms with van der Waals surface area (Å²) in [6.45, 7) is 4.58. The van der Waals surface area contributed by atoms with Crippen LogP contribution in [0.4, 0.5) is 0 Å². The van der Waals surface area contributed by atoms with Gasteiger partial charge in [0.1, 0.15) is 0 Å². The Morgan fingerprint density at radius 2 is 1.25 bits per heavy atom. The van der Waals surface area contributed by atoms with Gasteiger partial charge in [-0.25, -0.2) is 0 Å². The molecular formula is C22H38O2. The van der Waals surface area contributed by atoms with Gasteiger partial charge in [-0.3, -0.25) is 4.79 Å². The van der Waals surface area contributed by atoms with Crippen LogP contribution >= 0.6 is 0 Å². The third kappa shape index (κ3) is 18.7. The van der Waals surface area contributed by atoms with Crippen LogP contribution in [0.5, 0.6) is 0 Å². The lowest BCUT2D eigenvalue weighted by Gasteiger charge is -1.99. The molecule has 0 aromatic carbocycles. The second kappa shape index (κ2) is 19.7. The number of rotatable bonds is 16. The number of unbranched alkanes of at least 4 members (excludes halogenated alkanes) is 8. The van der Waals surface area contributed by atoms with Crippen molar-refractivity contribution in [3.05, 3.63) is 36.5 Å². The monoisotopic (exact) mass is 334 g/mol. The van der Waals surface area contributed by atoms with Crippen LogP contribution in [0.1, 0.15) is 90.9 Å². The van der Waals surface area contributed by atoms with Gasteiger partial charge in [0.2, 0.25) is 0 Å². The summed E-state index contributed by atoms with van der Waals surface area (Å²) in [5.74, 6) is -0.0762. The predicted octanol–water partition coefficient (Wildman–Crippen LogP) is 6.92. The number of allylic oxidation sites excluding steroid dienone is 6. The zero-order valence-corrected chi connectivity index (χ0v) is 16.0. The highest BCUT2D eigenvalue weighted by atomic mass is 16.5. The van der Waals surface area contributed by atoms with E-state index in [9.17, 15) is 4.79 Å². The molecule has 0 bridgehead atoms. The van der Waals surface area contributed by atoms with Gasteiger partial charge in [-0.15, -0.1) is 0 Å². The zero-order chi connectivity index (χ0) is 17.7. The van der Waals surface area contributed by atoms with Crippen molar-refractivity contribution in [1.29, 1.82) is 0 Å². The van der Waals surface area contributed by atoms with E-state index in [1.165, 1.54) is 44.9 Å². The highest BCUT2D eigenvalue weighted by molar-refractivity contribution is 5.69. The molecule has 2 nitrogen and oxygen atoms in total. The first kappa shape index (κ1) is 22.7. The van der Waals surface area contributed by atoms with E-state index in [4.69, 9.17) is 4.74 Å². The van der Waals surface area contributed by atoms with E-state index >= 15 is 0 Å².